The summed E-state index contributed by atoms with van der Waals surface area (Å²) in [6, 6.07) is 11.8. The van der Waals surface area contributed by atoms with E-state index in [9.17, 15) is 9.18 Å². The average Bonchev–Trinajstić information content (AvgIpc) is 3.26. The first-order valence-corrected chi connectivity index (χ1v) is 11.5. The Morgan fingerprint density at radius 3 is 2.55 bits per heavy atom. The number of hydrogen-bond acceptors (Lipinski definition) is 5. The zero-order valence-corrected chi connectivity index (χ0v) is 18.8. The summed E-state index contributed by atoms with van der Waals surface area (Å²) < 4.78 is 18.8. The fourth-order valence-electron chi connectivity index (χ4n) is 3.58. The molecule has 4 rings (SSSR count). The number of nitrogens with zero attached hydrogens (tertiary/aromatic N) is 2. The molecule has 0 spiro atoms. The summed E-state index contributed by atoms with van der Waals surface area (Å²) in [4.78, 5) is 12.2. The van der Waals surface area contributed by atoms with E-state index in [0.717, 1.165) is 41.3 Å². The van der Waals surface area contributed by atoms with Crippen LogP contribution in [0.25, 0.3) is 10.6 Å². The van der Waals surface area contributed by atoms with E-state index < -0.39 is 5.82 Å². The van der Waals surface area contributed by atoms with Crippen LogP contribution in [0.3, 0.4) is 0 Å². The number of aromatic nitrogens is 2. The molecule has 1 aromatic heterocycles. The molecule has 0 unspecified atom stereocenters. The van der Waals surface area contributed by atoms with Gasteiger partial charge in [-0.3, -0.25) is 4.79 Å². The summed E-state index contributed by atoms with van der Waals surface area (Å²) in [6.07, 6.45) is 3.59. The third-order valence-electron chi connectivity index (χ3n) is 5.23. The number of hydrogen-bond donors (Lipinski definition) is 1. The van der Waals surface area contributed by atoms with Crippen LogP contribution in [0, 0.1) is 5.82 Å². The van der Waals surface area contributed by atoms with Crippen molar-refractivity contribution in [3.05, 3.63) is 63.3 Å². The lowest BCUT2D eigenvalue weighted by Crippen LogP contribution is -2.39. The molecule has 162 valence electrons. The van der Waals surface area contributed by atoms with Crippen molar-refractivity contribution in [2.75, 3.05) is 6.61 Å². The van der Waals surface area contributed by atoms with Gasteiger partial charge < -0.3 is 10.1 Å². The van der Waals surface area contributed by atoms with Gasteiger partial charge in [-0.1, -0.05) is 46.7 Å². The minimum absolute atomic E-state index is 0.0179. The van der Waals surface area contributed by atoms with Crippen LogP contribution in [-0.4, -0.2) is 28.8 Å². The average molecular weight is 480 g/mol. The largest absolute Gasteiger partial charge is 0.484 e. The molecule has 1 aliphatic rings. The normalized spacial score (nSPS) is 18.5. The minimum atomic E-state index is -0.575. The predicted molar refractivity (Wildman–Crippen MR) is 120 cm³/mol. The van der Waals surface area contributed by atoms with Gasteiger partial charge in [0.15, 0.2) is 6.61 Å². The second-order valence-corrected chi connectivity index (χ2v) is 9.29. The van der Waals surface area contributed by atoms with Crippen LogP contribution >= 0.6 is 34.5 Å². The van der Waals surface area contributed by atoms with E-state index in [4.69, 9.17) is 27.9 Å². The Bertz CT molecular complexity index is 1050. The number of halogens is 3. The Labute approximate surface area is 193 Å². The van der Waals surface area contributed by atoms with Gasteiger partial charge in [0.25, 0.3) is 5.91 Å². The van der Waals surface area contributed by atoms with E-state index in [-0.39, 0.29) is 29.3 Å². The van der Waals surface area contributed by atoms with E-state index >= 15 is 0 Å². The molecule has 0 aliphatic heterocycles. The lowest BCUT2D eigenvalue weighted by Gasteiger charge is -2.27. The molecule has 0 saturated heterocycles. The number of rotatable bonds is 6. The fourth-order valence-corrected chi connectivity index (χ4v) is 4.84. The summed E-state index contributed by atoms with van der Waals surface area (Å²) in [5.41, 5.74) is 1.01. The molecule has 3 aromatic rings. The Hall–Kier alpha value is -2.22. The standard InChI is InChI=1S/C22H20Cl2FN3O2S/c23-15-5-1-13(2-6-15)21-27-28-22(31-21)14-3-7-16(8-4-14)26-20(29)12-30-17-9-10-18(24)19(25)11-17/h1-2,5-6,9-11,14,16H,3-4,7-8,12H2,(H,26,29). The molecule has 5 nitrogen and oxygen atoms in total. The summed E-state index contributed by atoms with van der Waals surface area (Å²) >= 11 is 13.2. The summed E-state index contributed by atoms with van der Waals surface area (Å²) in [7, 11) is 0. The molecule has 1 amide bonds. The van der Waals surface area contributed by atoms with Crippen molar-refractivity contribution in [1.82, 2.24) is 15.5 Å². The van der Waals surface area contributed by atoms with Crippen molar-refractivity contribution in [3.63, 3.8) is 0 Å². The second kappa shape index (κ2) is 9.94. The molecular formula is C22H20Cl2FN3O2S. The van der Waals surface area contributed by atoms with Gasteiger partial charge >= 0.3 is 0 Å². The highest BCUT2D eigenvalue weighted by Crippen LogP contribution is 2.36. The zero-order valence-electron chi connectivity index (χ0n) is 16.5. The maximum atomic E-state index is 13.4. The van der Waals surface area contributed by atoms with Gasteiger partial charge in [0.1, 0.15) is 21.6 Å². The maximum absolute atomic E-state index is 13.4. The summed E-state index contributed by atoms with van der Waals surface area (Å²) in [6.45, 7) is -0.165. The fraction of sp³-hybridized carbons (Fsp3) is 0.318. The van der Waals surface area contributed by atoms with Crippen LogP contribution in [0.2, 0.25) is 10.0 Å². The summed E-state index contributed by atoms with van der Waals surface area (Å²) in [5, 5.41) is 14.3. The molecule has 0 radical (unpaired) electrons. The highest BCUT2D eigenvalue weighted by molar-refractivity contribution is 7.14. The number of amides is 1. The lowest BCUT2D eigenvalue weighted by atomic mass is 9.86. The smallest absolute Gasteiger partial charge is 0.258 e. The van der Waals surface area contributed by atoms with Gasteiger partial charge in [0, 0.05) is 28.6 Å². The van der Waals surface area contributed by atoms with Crippen molar-refractivity contribution >= 4 is 40.4 Å². The number of benzene rings is 2. The molecule has 0 bridgehead atoms. The molecule has 9 heteroatoms. The van der Waals surface area contributed by atoms with Gasteiger partial charge in [-0.2, -0.15) is 0 Å². The molecular weight excluding hydrogens is 460 g/mol. The number of carbonyl (C=O) groups excluding carboxylic acids is 1. The van der Waals surface area contributed by atoms with E-state index in [2.05, 4.69) is 15.5 Å². The Kier molecular flexibility index (Phi) is 7.05. The molecule has 1 aliphatic carbocycles. The van der Waals surface area contributed by atoms with Crippen molar-refractivity contribution in [2.24, 2.45) is 0 Å². The zero-order chi connectivity index (χ0) is 21.8. The second-order valence-electron chi connectivity index (χ2n) is 7.43. The van der Waals surface area contributed by atoms with E-state index in [1.807, 2.05) is 24.3 Å². The molecule has 1 fully saturated rings. The molecule has 1 N–H and O–H groups in total. The Morgan fingerprint density at radius 1 is 1.10 bits per heavy atom. The molecule has 0 atom stereocenters. The first-order chi connectivity index (χ1) is 15.0. The van der Waals surface area contributed by atoms with Crippen molar-refractivity contribution in [1.29, 1.82) is 0 Å². The first-order valence-electron chi connectivity index (χ1n) is 9.94. The predicted octanol–water partition coefficient (Wildman–Crippen LogP) is 5.87. The summed E-state index contributed by atoms with van der Waals surface area (Å²) in [5.74, 6) is -0.179. The van der Waals surface area contributed by atoms with Gasteiger partial charge in [0.2, 0.25) is 0 Å². The number of nitrogens with one attached hydrogen (secondary N) is 1. The molecule has 2 aromatic carbocycles. The minimum Gasteiger partial charge on any atom is -0.484 e. The number of ether oxygens (including phenoxy) is 1. The quantitative estimate of drug-likeness (QED) is 0.479. The Morgan fingerprint density at radius 2 is 1.84 bits per heavy atom. The third kappa shape index (κ3) is 5.73. The molecule has 1 heterocycles. The van der Waals surface area contributed by atoms with Crippen LogP contribution in [0.1, 0.15) is 36.6 Å². The van der Waals surface area contributed by atoms with Crippen LogP contribution in [0.4, 0.5) is 4.39 Å². The monoisotopic (exact) mass is 479 g/mol. The van der Waals surface area contributed by atoms with Crippen molar-refractivity contribution in [3.8, 4) is 16.3 Å². The topological polar surface area (TPSA) is 64.1 Å². The third-order valence-corrected chi connectivity index (χ3v) is 6.93. The first kappa shape index (κ1) is 22.0. The van der Waals surface area contributed by atoms with Crippen LogP contribution < -0.4 is 10.1 Å². The maximum Gasteiger partial charge on any atom is 0.258 e. The van der Waals surface area contributed by atoms with Crippen molar-refractivity contribution in [2.45, 2.75) is 37.6 Å². The van der Waals surface area contributed by atoms with E-state index in [1.54, 1.807) is 11.3 Å². The SMILES string of the molecule is O=C(COc1ccc(Cl)c(F)c1)NC1CCC(c2nnc(-c3ccc(Cl)cc3)s2)CC1. The highest BCUT2D eigenvalue weighted by atomic mass is 35.5. The van der Waals surface area contributed by atoms with Crippen molar-refractivity contribution < 1.29 is 13.9 Å². The Balaban J connectivity index is 1.24. The lowest BCUT2D eigenvalue weighted by molar-refractivity contribution is -0.124. The number of carbonyl (C=O) groups is 1. The van der Waals surface area contributed by atoms with Gasteiger partial charge in [-0.05, 0) is 49.9 Å². The van der Waals surface area contributed by atoms with E-state index in [0.29, 0.717) is 10.9 Å². The van der Waals surface area contributed by atoms with E-state index in [1.165, 1.54) is 18.2 Å². The highest BCUT2D eigenvalue weighted by Gasteiger charge is 2.26. The van der Waals surface area contributed by atoms with Crippen LogP contribution in [0.15, 0.2) is 42.5 Å². The van der Waals surface area contributed by atoms with Gasteiger partial charge in [-0.15, -0.1) is 10.2 Å². The van der Waals surface area contributed by atoms with Gasteiger partial charge in [-0.25, -0.2) is 4.39 Å². The van der Waals surface area contributed by atoms with Crippen LogP contribution in [0.5, 0.6) is 5.75 Å². The van der Waals surface area contributed by atoms with Gasteiger partial charge in [0.05, 0.1) is 5.02 Å². The van der Waals surface area contributed by atoms with Crippen LogP contribution in [-0.2, 0) is 4.79 Å². The molecule has 31 heavy (non-hydrogen) atoms. The molecule has 1 saturated carbocycles.